The van der Waals surface area contributed by atoms with E-state index in [2.05, 4.69) is 15.6 Å². The summed E-state index contributed by atoms with van der Waals surface area (Å²) in [7, 11) is 0. The minimum absolute atomic E-state index is 0.0388. The summed E-state index contributed by atoms with van der Waals surface area (Å²) in [6, 6.07) is 7.76. The molecule has 3 unspecified atom stereocenters. The van der Waals surface area contributed by atoms with E-state index in [1.54, 1.807) is 31.3 Å². The molecule has 1 saturated carbocycles. The average molecular weight is 436 g/mol. The molecule has 1 heterocycles. The first-order chi connectivity index (χ1) is 14.7. The Labute approximate surface area is 177 Å². The largest absolute Gasteiger partial charge is 0.393 e. The second-order valence-corrected chi connectivity index (χ2v) is 7.62. The second-order valence-electron chi connectivity index (χ2n) is 7.62. The number of hydrogen-bond donors (Lipinski definition) is 2. The number of benzene rings is 1. The van der Waals surface area contributed by atoms with Gasteiger partial charge < -0.3 is 10.6 Å². The van der Waals surface area contributed by atoms with Gasteiger partial charge in [-0.15, -0.1) is 0 Å². The quantitative estimate of drug-likeness (QED) is 0.490. The third-order valence-corrected chi connectivity index (χ3v) is 5.46. The molecule has 10 heteroatoms. The summed E-state index contributed by atoms with van der Waals surface area (Å²) in [4.78, 5) is 27.7. The van der Waals surface area contributed by atoms with Gasteiger partial charge in [0.2, 0.25) is 0 Å². The number of pyridine rings is 1. The van der Waals surface area contributed by atoms with E-state index in [0.717, 1.165) is 6.07 Å². The number of carbonyl (C=O) groups excluding carboxylic acids is 1. The molecule has 0 radical (unpaired) electrons. The van der Waals surface area contributed by atoms with Gasteiger partial charge in [0, 0.05) is 23.9 Å². The molecular weight excluding hydrogens is 413 g/mol. The third kappa shape index (κ3) is 5.50. The fourth-order valence-corrected chi connectivity index (χ4v) is 3.83. The van der Waals surface area contributed by atoms with Gasteiger partial charge in [-0.1, -0.05) is 18.9 Å². The highest BCUT2D eigenvalue weighted by molar-refractivity contribution is 5.96. The van der Waals surface area contributed by atoms with Gasteiger partial charge in [0.05, 0.1) is 22.6 Å². The average Bonchev–Trinajstić information content (AvgIpc) is 2.74. The van der Waals surface area contributed by atoms with Crippen LogP contribution in [0.1, 0.15) is 54.7 Å². The van der Waals surface area contributed by atoms with Crippen LogP contribution in [-0.2, 0) is 0 Å². The van der Waals surface area contributed by atoms with Gasteiger partial charge in [-0.05, 0) is 44.0 Å². The topological polar surface area (TPSA) is 97.2 Å². The van der Waals surface area contributed by atoms with Crippen LogP contribution in [0.5, 0.6) is 0 Å². The molecule has 1 aromatic heterocycles. The fourth-order valence-electron chi connectivity index (χ4n) is 3.83. The molecule has 1 fully saturated rings. The smallest absolute Gasteiger partial charge is 0.371 e. The minimum Gasteiger partial charge on any atom is -0.371 e. The number of amides is 1. The zero-order chi connectivity index (χ0) is 22.6. The number of rotatable bonds is 6. The Balaban J connectivity index is 1.78. The number of nitrogens with zero attached hydrogens (tertiary/aromatic N) is 2. The first kappa shape index (κ1) is 22.5. The summed E-state index contributed by atoms with van der Waals surface area (Å²) in [5, 5.41) is 17.0. The molecule has 1 amide bonds. The van der Waals surface area contributed by atoms with Crippen molar-refractivity contribution in [3.63, 3.8) is 0 Å². The molecule has 2 aromatic rings. The lowest BCUT2D eigenvalue weighted by atomic mass is 9.84. The molecule has 166 valence electrons. The highest BCUT2D eigenvalue weighted by atomic mass is 19.4. The molecule has 1 aromatic carbocycles. The number of aromatic nitrogens is 1. The Morgan fingerprint density at radius 2 is 1.97 bits per heavy atom. The van der Waals surface area contributed by atoms with Crippen molar-refractivity contribution in [1.29, 1.82) is 0 Å². The predicted molar refractivity (Wildman–Crippen MR) is 109 cm³/mol. The van der Waals surface area contributed by atoms with Crippen LogP contribution in [0.2, 0.25) is 0 Å². The van der Waals surface area contributed by atoms with Gasteiger partial charge in [-0.25, -0.2) is 0 Å². The van der Waals surface area contributed by atoms with Crippen LogP contribution in [0, 0.1) is 16.0 Å². The standard InChI is InChI=1S/C21H23F3N4O3/c1-13(16-7-4-5-11-25-16)26-18-10-9-14(12-19(18)28(30)31)20(29)27-17-8-3-2-6-15(17)21(22,23)24/h4-5,7,9-13,15,17,26H,2-3,6,8H2,1H3,(H,27,29). The van der Waals surface area contributed by atoms with E-state index < -0.39 is 29.0 Å². The molecule has 0 aliphatic heterocycles. The van der Waals surface area contributed by atoms with Crippen molar-refractivity contribution in [1.82, 2.24) is 10.3 Å². The first-order valence-electron chi connectivity index (χ1n) is 10.0. The third-order valence-electron chi connectivity index (χ3n) is 5.46. The zero-order valence-electron chi connectivity index (χ0n) is 16.9. The Kier molecular flexibility index (Phi) is 6.77. The van der Waals surface area contributed by atoms with E-state index in [1.165, 1.54) is 12.1 Å². The van der Waals surface area contributed by atoms with Gasteiger partial charge in [-0.3, -0.25) is 19.9 Å². The molecule has 0 bridgehead atoms. The number of carbonyl (C=O) groups is 1. The van der Waals surface area contributed by atoms with Crippen molar-refractivity contribution in [2.45, 2.75) is 50.9 Å². The maximum Gasteiger partial charge on any atom is 0.393 e. The zero-order valence-corrected chi connectivity index (χ0v) is 16.9. The molecule has 2 N–H and O–H groups in total. The lowest BCUT2D eigenvalue weighted by Crippen LogP contribution is -2.47. The van der Waals surface area contributed by atoms with Crippen LogP contribution in [0.4, 0.5) is 24.5 Å². The van der Waals surface area contributed by atoms with Gasteiger partial charge >= 0.3 is 6.18 Å². The van der Waals surface area contributed by atoms with Gasteiger partial charge in [0.1, 0.15) is 5.69 Å². The SMILES string of the molecule is CC(Nc1ccc(C(=O)NC2CCCCC2C(F)(F)F)cc1[N+](=O)[O-])c1ccccn1. The minimum atomic E-state index is -4.40. The van der Waals surface area contributed by atoms with E-state index in [9.17, 15) is 28.1 Å². The van der Waals surface area contributed by atoms with Crippen LogP contribution >= 0.6 is 0 Å². The van der Waals surface area contributed by atoms with E-state index in [0.29, 0.717) is 18.5 Å². The molecular formula is C21H23F3N4O3. The second kappa shape index (κ2) is 9.32. The number of anilines is 1. The molecule has 0 spiro atoms. The van der Waals surface area contributed by atoms with Crippen LogP contribution < -0.4 is 10.6 Å². The molecule has 3 atom stereocenters. The highest BCUT2D eigenvalue weighted by Crippen LogP contribution is 2.38. The van der Waals surface area contributed by atoms with Crippen LogP contribution in [0.15, 0.2) is 42.6 Å². The number of hydrogen-bond acceptors (Lipinski definition) is 5. The van der Waals surface area contributed by atoms with Crippen molar-refractivity contribution in [2.75, 3.05) is 5.32 Å². The number of nitrogens with one attached hydrogen (secondary N) is 2. The van der Waals surface area contributed by atoms with Crippen molar-refractivity contribution in [3.05, 3.63) is 64.0 Å². The van der Waals surface area contributed by atoms with Crippen LogP contribution in [-0.4, -0.2) is 28.0 Å². The van der Waals surface area contributed by atoms with E-state index in [1.807, 2.05) is 0 Å². The fraction of sp³-hybridized carbons (Fsp3) is 0.429. The number of nitro groups is 1. The normalized spacial score (nSPS) is 20.0. The summed E-state index contributed by atoms with van der Waals surface area (Å²) in [6.07, 6.45) is -1.57. The van der Waals surface area contributed by atoms with E-state index in [-0.39, 0.29) is 35.8 Å². The lowest BCUT2D eigenvalue weighted by molar-refractivity contribution is -0.384. The maximum absolute atomic E-state index is 13.3. The summed E-state index contributed by atoms with van der Waals surface area (Å²) in [5.41, 5.74) is 0.459. The Morgan fingerprint density at radius 3 is 2.61 bits per heavy atom. The van der Waals surface area contributed by atoms with Crippen molar-refractivity contribution in [2.24, 2.45) is 5.92 Å². The predicted octanol–water partition coefficient (Wildman–Crippen LogP) is 5.01. The molecule has 7 nitrogen and oxygen atoms in total. The van der Waals surface area contributed by atoms with Gasteiger partial charge in [-0.2, -0.15) is 13.2 Å². The van der Waals surface area contributed by atoms with Gasteiger partial charge in [0.25, 0.3) is 11.6 Å². The molecule has 1 aliphatic rings. The summed E-state index contributed by atoms with van der Waals surface area (Å²) < 4.78 is 39.8. The maximum atomic E-state index is 13.3. The number of nitro benzene ring substituents is 1. The summed E-state index contributed by atoms with van der Waals surface area (Å²) in [5.74, 6) is -2.37. The van der Waals surface area contributed by atoms with Crippen molar-refractivity contribution in [3.8, 4) is 0 Å². The number of alkyl halides is 3. The molecule has 0 saturated heterocycles. The molecule has 1 aliphatic carbocycles. The Bertz CT molecular complexity index is 937. The van der Waals surface area contributed by atoms with E-state index >= 15 is 0 Å². The highest BCUT2D eigenvalue weighted by Gasteiger charge is 2.46. The molecule has 3 rings (SSSR count). The van der Waals surface area contributed by atoms with Crippen molar-refractivity contribution >= 4 is 17.3 Å². The summed E-state index contributed by atoms with van der Waals surface area (Å²) in [6.45, 7) is 1.78. The van der Waals surface area contributed by atoms with Crippen molar-refractivity contribution < 1.29 is 22.9 Å². The monoisotopic (exact) mass is 436 g/mol. The Morgan fingerprint density at radius 1 is 1.23 bits per heavy atom. The molecule has 31 heavy (non-hydrogen) atoms. The Hall–Kier alpha value is -3.17. The first-order valence-corrected chi connectivity index (χ1v) is 10.0. The van der Waals surface area contributed by atoms with Crippen LogP contribution in [0.3, 0.4) is 0 Å². The van der Waals surface area contributed by atoms with Crippen LogP contribution in [0.25, 0.3) is 0 Å². The summed E-state index contributed by atoms with van der Waals surface area (Å²) >= 11 is 0. The van der Waals surface area contributed by atoms with E-state index in [4.69, 9.17) is 0 Å². The number of halogens is 3. The van der Waals surface area contributed by atoms with Gasteiger partial charge in [0.15, 0.2) is 0 Å². The lowest BCUT2D eigenvalue weighted by Gasteiger charge is -2.33.